The fourth-order valence-electron chi connectivity index (χ4n) is 0.266. The van der Waals surface area contributed by atoms with Crippen molar-refractivity contribution >= 4 is 5.90 Å². The Kier molecular flexibility index (Phi) is 3.32. The first-order valence-corrected chi connectivity index (χ1v) is 2.04. The zero-order valence-electron chi connectivity index (χ0n) is 4.64. The molecular formula is C4H10N2O. The lowest BCUT2D eigenvalue weighted by Crippen LogP contribution is -2.14. The summed E-state index contributed by atoms with van der Waals surface area (Å²) in [4.78, 5) is 3.69. The van der Waals surface area contributed by atoms with Crippen molar-refractivity contribution in [1.29, 1.82) is 0 Å². The van der Waals surface area contributed by atoms with Crippen LogP contribution in [0, 0.1) is 0 Å². The first-order valence-electron chi connectivity index (χ1n) is 2.04. The molecule has 0 radical (unpaired) electrons. The van der Waals surface area contributed by atoms with Crippen LogP contribution in [0.1, 0.15) is 0 Å². The Morgan fingerprint density at radius 3 is 2.43 bits per heavy atom. The monoisotopic (exact) mass is 102 g/mol. The minimum Gasteiger partial charge on any atom is -0.483 e. The number of hydrogen-bond acceptors (Lipinski definition) is 3. The van der Waals surface area contributed by atoms with Gasteiger partial charge in [0.25, 0.3) is 0 Å². The van der Waals surface area contributed by atoms with Gasteiger partial charge in [0.05, 0.1) is 13.7 Å². The van der Waals surface area contributed by atoms with E-state index in [-0.39, 0.29) is 0 Å². The number of ether oxygens (including phenoxy) is 1. The summed E-state index contributed by atoms with van der Waals surface area (Å²) in [6.07, 6.45) is 0. The highest BCUT2D eigenvalue weighted by atomic mass is 16.5. The Bertz CT molecular complexity index is 64.1. The third-order valence-electron chi connectivity index (χ3n) is 0.660. The van der Waals surface area contributed by atoms with E-state index in [1.165, 1.54) is 0 Å². The summed E-state index contributed by atoms with van der Waals surface area (Å²) < 4.78 is 4.67. The van der Waals surface area contributed by atoms with Gasteiger partial charge in [0.2, 0.25) is 0 Å². The molecule has 0 bridgehead atoms. The number of nitrogens with two attached hydrogens (primary N) is 1. The van der Waals surface area contributed by atoms with Crippen LogP contribution in [0.25, 0.3) is 0 Å². The second-order valence-electron chi connectivity index (χ2n) is 1.03. The minimum atomic E-state index is 0.382. The Labute approximate surface area is 43.2 Å². The number of methoxy groups -OCH3 is 1. The summed E-state index contributed by atoms with van der Waals surface area (Å²) in [5, 5.41) is 0. The van der Waals surface area contributed by atoms with Gasteiger partial charge in [0, 0.05) is 7.05 Å². The second kappa shape index (κ2) is 3.61. The lowest BCUT2D eigenvalue weighted by Gasteiger charge is -1.95. The van der Waals surface area contributed by atoms with Gasteiger partial charge >= 0.3 is 0 Å². The van der Waals surface area contributed by atoms with Crippen molar-refractivity contribution < 1.29 is 4.74 Å². The molecule has 3 heteroatoms. The van der Waals surface area contributed by atoms with Crippen LogP contribution in [0.4, 0.5) is 0 Å². The van der Waals surface area contributed by atoms with E-state index in [0.717, 1.165) is 0 Å². The molecule has 0 fully saturated rings. The van der Waals surface area contributed by atoms with Crippen LogP contribution in [0.2, 0.25) is 0 Å². The highest BCUT2D eigenvalue weighted by Gasteiger charge is 1.85. The smallest absolute Gasteiger partial charge is 0.196 e. The minimum absolute atomic E-state index is 0.382. The zero-order valence-corrected chi connectivity index (χ0v) is 4.64. The van der Waals surface area contributed by atoms with Crippen molar-refractivity contribution in [3.8, 4) is 0 Å². The number of hydrogen-bond donors (Lipinski definition) is 1. The highest BCUT2D eigenvalue weighted by Crippen LogP contribution is 1.70. The van der Waals surface area contributed by atoms with Crippen LogP contribution in [0.15, 0.2) is 4.99 Å². The van der Waals surface area contributed by atoms with Crippen LogP contribution in [-0.2, 0) is 4.74 Å². The van der Waals surface area contributed by atoms with Gasteiger partial charge in [-0.2, -0.15) is 0 Å². The summed E-state index contributed by atoms with van der Waals surface area (Å²) in [6, 6.07) is 0. The van der Waals surface area contributed by atoms with E-state index in [9.17, 15) is 0 Å². The van der Waals surface area contributed by atoms with Gasteiger partial charge in [-0.15, -0.1) is 0 Å². The molecule has 0 unspecified atom stereocenters. The molecule has 0 aliphatic heterocycles. The summed E-state index contributed by atoms with van der Waals surface area (Å²) in [5.74, 6) is 0.583. The summed E-state index contributed by atoms with van der Waals surface area (Å²) in [6.45, 7) is 0.382. The summed E-state index contributed by atoms with van der Waals surface area (Å²) >= 11 is 0. The van der Waals surface area contributed by atoms with Crippen LogP contribution >= 0.6 is 0 Å². The Morgan fingerprint density at radius 2 is 2.43 bits per heavy atom. The predicted octanol–water partition coefficient (Wildman–Crippen LogP) is -0.380. The van der Waals surface area contributed by atoms with Gasteiger partial charge < -0.3 is 10.5 Å². The fourth-order valence-corrected chi connectivity index (χ4v) is 0.266. The molecule has 0 amide bonds. The quantitative estimate of drug-likeness (QED) is 0.362. The average molecular weight is 102 g/mol. The number of nitrogens with zero attached hydrogens (tertiary/aromatic N) is 1. The van der Waals surface area contributed by atoms with Crippen molar-refractivity contribution in [1.82, 2.24) is 0 Å². The number of rotatable bonds is 1. The molecule has 0 aromatic carbocycles. The van der Waals surface area contributed by atoms with E-state index >= 15 is 0 Å². The third kappa shape index (κ3) is 2.17. The van der Waals surface area contributed by atoms with Gasteiger partial charge in [-0.05, 0) is 0 Å². The molecule has 42 valence electrons. The van der Waals surface area contributed by atoms with Gasteiger partial charge in [0.15, 0.2) is 5.90 Å². The van der Waals surface area contributed by atoms with Crippen molar-refractivity contribution in [3.63, 3.8) is 0 Å². The molecule has 2 N–H and O–H groups in total. The van der Waals surface area contributed by atoms with E-state index in [4.69, 9.17) is 5.73 Å². The molecular weight excluding hydrogens is 92.1 g/mol. The predicted molar refractivity (Wildman–Crippen MR) is 29.4 cm³/mol. The summed E-state index contributed by atoms with van der Waals surface area (Å²) in [7, 11) is 3.20. The normalized spacial score (nSPS) is 11.6. The molecule has 0 aliphatic carbocycles. The zero-order chi connectivity index (χ0) is 5.70. The first kappa shape index (κ1) is 6.43. The van der Waals surface area contributed by atoms with Crippen molar-refractivity contribution in [2.45, 2.75) is 0 Å². The van der Waals surface area contributed by atoms with Gasteiger partial charge in [-0.25, -0.2) is 0 Å². The maximum Gasteiger partial charge on any atom is 0.196 e. The lowest BCUT2D eigenvalue weighted by molar-refractivity contribution is 0.395. The summed E-state index contributed by atoms with van der Waals surface area (Å²) in [5.41, 5.74) is 5.14. The largest absolute Gasteiger partial charge is 0.483 e. The Hall–Kier alpha value is -0.570. The van der Waals surface area contributed by atoms with Gasteiger partial charge in [-0.3, -0.25) is 4.99 Å². The molecule has 3 nitrogen and oxygen atoms in total. The third-order valence-corrected chi connectivity index (χ3v) is 0.660. The van der Waals surface area contributed by atoms with Crippen LogP contribution in [0.5, 0.6) is 0 Å². The average Bonchev–Trinajstić information content (AvgIpc) is 1.72. The van der Waals surface area contributed by atoms with Gasteiger partial charge in [-0.1, -0.05) is 0 Å². The van der Waals surface area contributed by atoms with E-state index < -0.39 is 0 Å². The van der Waals surface area contributed by atoms with Crippen molar-refractivity contribution in [2.24, 2.45) is 10.7 Å². The molecule has 0 aromatic heterocycles. The first-order chi connectivity index (χ1) is 3.35. The molecule has 7 heavy (non-hydrogen) atoms. The maximum absolute atomic E-state index is 5.14. The van der Waals surface area contributed by atoms with Crippen molar-refractivity contribution in [3.05, 3.63) is 0 Å². The molecule has 0 aromatic rings. The van der Waals surface area contributed by atoms with Gasteiger partial charge in [0.1, 0.15) is 0 Å². The molecule has 0 rings (SSSR count). The number of aliphatic imine (C=N–C) groups is 1. The molecule has 0 aliphatic rings. The maximum atomic E-state index is 5.14. The van der Waals surface area contributed by atoms with Crippen molar-refractivity contribution in [2.75, 3.05) is 20.7 Å². The molecule has 0 saturated heterocycles. The van der Waals surface area contributed by atoms with Crippen LogP contribution < -0.4 is 5.73 Å². The highest BCUT2D eigenvalue weighted by molar-refractivity contribution is 5.77. The molecule has 0 spiro atoms. The Morgan fingerprint density at radius 1 is 1.86 bits per heavy atom. The lowest BCUT2D eigenvalue weighted by atomic mass is 10.7. The fraction of sp³-hybridized carbons (Fsp3) is 0.750. The van der Waals surface area contributed by atoms with Crippen LogP contribution in [-0.4, -0.2) is 26.6 Å². The molecule has 0 saturated carbocycles. The topological polar surface area (TPSA) is 47.6 Å². The standard InChI is InChI=1S/C4H10N2O/c1-6-4(3-5)7-2/h3,5H2,1-2H3. The van der Waals surface area contributed by atoms with E-state index in [2.05, 4.69) is 9.73 Å². The van der Waals surface area contributed by atoms with E-state index in [0.29, 0.717) is 12.4 Å². The molecule has 0 atom stereocenters. The second-order valence-corrected chi connectivity index (χ2v) is 1.03. The van der Waals surface area contributed by atoms with E-state index in [1.54, 1.807) is 14.2 Å². The SMILES string of the molecule is CN=C(CN)OC. The van der Waals surface area contributed by atoms with E-state index in [1.807, 2.05) is 0 Å². The van der Waals surface area contributed by atoms with Crippen LogP contribution in [0.3, 0.4) is 0 Å². The molecule has 0 heterocycles. The Balaban J connectivity index is 3.38.